The van der Waals surface area contributed by atoms with Crippen molar-refractivity contribution in [3.63, 3.8) is 0 Å². The third-order valence-corrected chi connectivity index (χ3v) is 5.03. The van der Waals surface area contributed by atoms with Crippen molar-refractivity contribution in [2.24, 2.45) is 5.14 Å². The smallest absolute Gasteiger partial charge is 0.326 e. The molecule has 3 N–H and O–H groups in total. The van der Waals surface area contributed by atoms with Crippen LogP contribution >= 0.6 is 0 Å². The number of benzene rings is 2. The summed E-state index contributed by atoms with van der Waals surface area (Å²) in [6, 6.07) is 6.50. The monoisotopic (exact) mass is 460 g/mol. The third-order valence-electron chi connectivity index (χ3n) is 4.09. The first-order valence-corrected chi connectivity index (χ1v) is 9.93. The molecule has 1 amide bonds. The number of sulfonamides is 1. The Kier molecular flexibility index (Phi) is 5.83. The van der Waals surface area contributed by atoms with Crippen LogP contribution in [0.25, 0.3) is 5.69 Å². The highest BCUT2D eigenvalue weighted by Crippen LogP contribution is 2.30. The molecule has 0 spiro atoms. The number of rotatable bonds is 5. The highest BCUT2D eigenvalue weighted by molar-refractivity contribution is 7.89. The number of alkyl halides is 3. The summed E-state index contributed by atoms with van der Waals surface area (Å²) in [6.07, 6.45) is -4.16. The fourth-order valence-electron chi connectivity index (χ4n) is 2.67. The maximum Gasteiger partial charge on any atom is 0.419 e. The average Bonchev–Trinajstić information content (AvgIpc) is 3.15. The number of aromatic nitrogens is 2. The van der Waals surface area contributed by atoms with Crippen molar-refractivity contribution in [1.82, 2.24) is 9.78 Å². The number of anilines is 1. The van der Waals surface area contributed by atoms with Crippen molar-refractivity contribution in [2.45, 2.75) is 17.5 Å². The van der Waals surface area contributed by atoms with Gasteiger partial charge >= 0.3 is 6.18 Å². The van der Waals surface area contributed by atoms with E-state index in [2.05, 4.69) is 10.4 Å². The Morgan fingerprint density at radius 3 is 2.48 bits per heavy atom. The minimum atomic E-state index is -4.69. The second-order valence-corrected chi connectivity index (χ2v) is 7.87. The van der Waals surface area contributed by atoms with Gasteiger partial charge in [-0.15, -0.1) is 0 Å². The molecule has 2 aromatic carbocycles. The molecule has 0 aliphatic carbocycles. The number of halogens is 5. The second-order valence-electron chi connectivity index (χ2n) is 6.34. The van der Waals surface area contributed by atoms with Crippen LogP contribution in [0.1, 0.15) is 11.1 Å². The highest BCUT2D eigenvalue weighted by Gasteiger charge is 2.32. The van der Waals surface area contributed by atoms with E-state index in [0.29, 0.717) is 17.1 Å². The summed E-state index contributed by atoms with van der Waals surface area (Å²) in [7, 11) is -4.44. The number of primary sulfonamides is 1. The van der Waals surface area contributed by atoms with Crippen LogP contribution in [-0.2, 0) is 27.4 Å². The van der Waals surface area contributed by atoms with Crippen LogP contribution in [0.5, 0.6) is 0 Å². The lowest BCUT2D eigenvalue weighted by Crippen LogP contribution is -2.18. The van der Waals surface area contributed by atoms with E-state index in [-0.39, 0.29) is 16.9 Å². The number of amides is 1. The summed E-state index contributed by atoms with van der Waals surface area (Å²) in [6.45, 7) is 0. The fraction of sp³-hybridized carbons (Fsp3) is 0.111. The number of carbonyl (C=O) groups is 1. The average molecular weight is 460 g/mol. The van der Waals surface area contributed by atoms with E-state index in [1.807, 2.05) is 0 Å². The number of nitrogens with zero attached hydrogens (tertiary/aromatic N) is 2. The van der Waals surface area contributed by atoms with Crippen LogP contribution < -0.4 is 10.5 Å². The Hall–Kier alpha value is -3.32. The summed E-state index contributed by atoms with van der Waals surface area (Å²) in [5, 5.41) is 11.0. The molecule has 0 bridgehead atoms. The minimum absolute atomic E-state index is 0.0854. The lowest BCUT2D eigenvalue weighted by atomic mass is 10.1. The lowest BCUT2D eigenvalue weighted by molar-refractivity contribution is -0.137. The van der Waals surface area contributed by atoms with Gasteiger partial charge in [-0.2, -0.15) is 18.3 Å². The minimum Gasteiger partial charge on any atom is -0.326 e. The van der Waals surface area contributed by atoms with Crippen molar-refractivity contribution >= 4 is 21.6 Å². The molecule has 3 aromatic rings. The Morgan fingerprint density at radius 2 is 1.87 bits per heavy atom. The summed E-state index contributed by atoms with van der Waals surface area (Å²) < 4.78 is 89.9. The predicted octanol–water partition coefficient (Wildman–Crippen LogP) is 3.00. The van der Waals surface area contributed by atoms with Gasteiger partial charge in [-0.1, -0.05) is 12.1 Å². The maximum atomic E-state index is 13.7. The van der Waals surface area contributed by atoms with Gasteiger partial charge in [0.1, 0.15) is 4.90 Å². The Bertz CT molecular complexity index is 1260. The normalized spacial score (nSPS) is 12.1. The Morgan fingerprint density at radius 1 is 1.16 bits per heavy atom. The predicted molar refractivity (Wildman–Crippen MR) is 98.6 cm³/mol. The molecule has 13 heteroatoms. The number of hydrogen-bond acceptors (Lipinski definition) is 4. The first-order valence-electron chi connectivity index (χ1n) is 8.38. The molecule has 0 saturated carbocycles. The van der Waals surface area contributed by atoms with Crippen molar-refractivity contribution in [2.75, 3.05) is 5.32 Å². The molecule has 0 unspecified atom stereocenters. The highest BCUT2D eigenvalue weighted by atomic mass is 32.2. The zero-order chi connectivity index (χ0) is 23.0. The topological polar surface area (TPSA) is 107 Å². The maximum absolute atomic E-state index is 13.7. The molecule has 164 valence electrons. The molecule has 0 aliphatic rings. The van der Waals surface area contributed by atoms with Crippen molar-refractivity contribution in [3.05, 3.63) is 71.6 Å². The van der Waals surface area contributed by atoms with Crippen LogP contribution in [0.3, 0.4) is 0 Å². The molecular weight excluding hydrogens is 447 g/mol. The Balaban J connectivity index is 1.91. The van der Waals surface area contributed by atoms with E-state index in [0.717, 1.165) is 18.2 Å². The molecule has 7 nitrogen and oxygen atoms in total. The molecule has 0 fully saturated rings. The van der Waals surface area contributed by atoms with E-state index >= 15 is 0 Å². The zero-order valence-electron chi connectivity index (χ0n) is 15.3. The van der Waals surface area contributed by atoms with Crippen LogP contribution in [-0.4, -0.2) is 24.1 Å². The van der Waals surface area contributed by atoms with Gasteiger partial charge in [-0.05, 0) is 24.3 Å². The van der Waals surface area contributed by atoms with Gasteiger partial charge in [0.2, 0.25) is 15.9 Å². The molecule has 0 atom stereocenters. The molecule has 3 rings (SSSR count). The second kappa shape index (κ2) is 8.07. The van der Waals surface area contributed by atoms with E-state index in [9.17, 15) is 35.2 Å². The van der Waals surface area contributed by atoms with E-state index in [1.165, 1.54) is 18.2 Å². The van der Waals surface area contributed by atoms with Crippen molar-refractivity contribution in [3.8, 4) is 5.69 Å². The third kappa shape index (κ3) is 5.06. The Labute approximate surface area is 172 Å². The first-order chi connectivity index (χ1) is 14.4. The zero-order valence-corrected chi connectivity index (χ0v) is 16.1. The number of nitrogens with one attached hydrogen (secondary N) is 1. The standard InChI is InChI=1S/C18H13F5N4O3S/c19-13-3-1-2-10(17(13)20)6-16(28)26-12-4-5-14(15(7-12)31(24,29)30)27-9-11(8-25-27)18(21,22)23/h1-5,7-9H,6H2,(H,26,28)(H2,24,29,30). The largest absolute Gasteiger partial charge is 0.419 e. The SMILES string of the molecule is NS(=O)(=O)c1cc(NC(=O)Cc2cccc(F)c2F)ccc1-n1cc(C(F)(F)F)cn1. The molecule has 0 saturated heterocycles. The summed E-state index contributed by atoms with van der Waals surface area (Å²) in [5.74, 6) is -3.13. The molecule has 1 aromatic heterocycles. The lowest BCUT2D eigenvalue weighted by Gasteiger charge is -2.12. The van der Waals surface area contributed by atoms with Gasteiger partial charge in [-0.25, -0.2) is 27.0 Å². The van der Waals surface area contributed by atoms with Crippen LogP contribution in [0.4, 0.5) is 27.6 Å². The fourth-order valence-corrected chi connectivity index (χ4v) is 3.42. The molecule has 1 heterocycles. The van der Waals surface area contributed by atoms with Gasteiger partial charge in [-0.3, -0.25) is 4.79 Å². The van der Waals surface area contributed by atoms with Gasteiger partial charge in [0.05, 0.1) is 23.9 Å². The quantitative estimate of drug-likeness (QED) is 0.571. The van der Waals surface area contributed by atoms with Crippen LogP contribution in [0.15, 0.2) is 53.7 Å². The van der Waals surface area contributed by atoms with Gasteiger partial charge in [0.15, 0.2) is 11.6 Å². The summed E-state index contributed by atoms with van der Waals surface area (Å²) in [4.78, 5) is 11.5. The summed E-state index contributed by atoms with van der Waals surface area (Å²) in [5.41, 5.74) is -1.70. The first kappa shape index (κ1) is 22.4. The van der Waals surface area contributed by atoms with Crippen LogP contribution in [0.2, 0.25) is 0 Å². The molecule has 0 radical (unpaired) electrons. The summed E-state index contributed by atoms with van der Waals surface area (Å²) >= 11 is 0. The van der Waals surface area contributed by atoms with Gasteiger partial charge < -0.3 is 5.32 Å². The molecular formula is C18H13F5N4O3S. The van der Waals surface area contributed by atoms with Crippen molar-refractivity contribution < 1.29 is 35.2 Å². The van der Waals surface area contributed by atoms with Gasteiger partial charge in [0.25, 0.3) is 0 Å². The van der Waals surface area contributed by atoms with Gasteiger partial charge in [0, 0.05) is 17.4 Å². The number of carbonyl (C=O) groups excluding carboxylic acids is 1. The molecule has 31 heavy (non-hydrogen) atoms. The van der Waals surface area contributed by atoms with E-state index < -0.39 is 50.6 Å². The number of hydrogen-bond donors (Lipinski definition) is 2. The van der Waals surface area contributed by atoms with E-state index in [1.54, 1.807) is 0 Å². The van der Waals surface area contributed by atoms with E-state index in [4.69, 9.17) is 5.14 Å². The molecule has 0 aliphatic heterocycles. The van der Waals surface area contributed by atoms with Crippen molar-refractivity contribution in [1.29, 1.82) is 0 Å². The van der Waals surface area contributed by atoms with Crippen LogP contribution in [0, 0.1) is 11.6 Å². The number of nitrogens with two attached hydrogens (primary N) is 1.